The summed E-state index contributed by atoms with van der Waals surface area (Å²) in [6.45, 7) is 0. The van der Waals surface area contributed by atoms with Crippen LogP contribution in [0.25, 0.3) is 0 Å². The van der Waals surface area contributed by atoms with E-state index in [9.17, 15) is 20.1 Å². The molecule has 1 fully saturated rings. The number of aliphatic carboxylic acids is 1. The third kappa shape index (κ3) is 2.85. The highest BCUT2D eigenvalue weighted by atomic mass is 16.7. The van der Waals surface area contributed by atoms with Crippen molar-refractivity contribution in [3.8, 4) is 5.75 Å². The molecule has 0 radical (unpaired) electrons. The molecule has 0 aliphatic carbocycles. The minimum absolute atomic E-state index is 0.347. The Bertz CT molecular complexity index is 435. The number of carbonyl (C=O) groups is 1. The van der Waals surface area contributed by atoms with Crippen molar-refractivity contribution < 1.29 is 34.7 Å². The second-order valence-corrected chi connectivity index (χ2v) is 4.17. The van der Waals surface area contributed by atoms with E-state index < -0.39 is 36.7 Å². The molecule has 0 aromatic heterocycles. The quantitative estimate of drug-likeness (QED) is 0.554. The van der Waals surface area contributed by atoms with Crippen molar-refractivity contribution >= 4 is 5.97 Å². The minimum atomic E-state index is -1.72. The van der Waals surface area contributed by atoms with Gasteiger partial charge in [-0.15, -0.1) is 0 Å². The first-order chi connectivity index (χ1) is 9.00. The predicted molar refractivity (Wildman–Crippen MR) is 61.4 cm³/mol. The number of carboxylic acid groups (broad SMARTS) is 1. The molecule has 7 nitrogen and oxygen atoms in total. The summed E-state index contributed by atoms with van der Waals surface area (Å²) in [4.78, 5) is 10.9. The molecular formula is C12H14O7. The lowest BCUT2D eigenvalue weighted by Crippen LogP contribution is -2.61. The fourth-order valence-electron chi connectivity index (χ4n) is 1.78. The fourth-order valence-corrected chi connectivity index (χ4v) is 1.78. The van der Waals surface area contributed by atoms with E-state index >= 15 is 0 Å². The molecule has 0 unspecified atom stereocenters. The summed E-state index contributed by atoms with van der Waals surface area (Å²) in [5, 5.41) is 37.7. The smallest absolute Gasteiger partial charge is 0.335 e. The molecule has 0 amide bonds. The van der Waals surface area contributed by atoms with Crippen LogP contribution in [-0.2, 0) is 9.53 Å². The molecule has 1 aromatic rings. The van der Waals surface area contributed by atoms with Gasteiger partial charge in [0.15, 0.2) is 6.10 Å². The van der Waals surface area contributed by atoms with Crippen LogP contribution in [0.1, 0.15) is 0 Å². The van der Waals surface area contributed by atoms with Crippen molar-refractivity contribution in [2.45, 2.75) is 30.7 Å². The van der Waals surface area contributed by atoms with Crippen molar-refractivity contribution in [3.63, 3.8) is 0 Å². The van der Waals surface area contributed by atoms with E-state index in [4.69, 9.17) is 14.6 Å². The van der Waals surface area contributed by atoms with Crippen LogP contribution in [0.5, 0.6) is 5.75 Å². The maximum Gasteiger partial charge on any atom is 0.335 e. The fraction of sp³-hybridized carbons (Fsp3) is 0.417. The molecule has 1 aliphatic heterocycles. The van der Waals surface area contributed by atoms with Crippen LogP contribution in [0.4, 0.5) is 0 Å². The van der Waals surface area contributed by atoms with Crippen molar-refractivity contribution in [1.82, 2.24) is 0 Å². The molecule has 1 aliphatic rings. The largest absolute Gasteiger partial charge is 0.479 e. The molecule has 7 heteroatoms. The number of ether oxygens (including phenoxy) is 2. The van der Waals surface area contributed by atoms with Crippen LogP contribution in [0.3, 0.4) is 0 Å². The Kier molecular flexibility index (Phi) is 4.01. The average molecular weight is 270 g/mol. The molecule has 0 bridgehead atoms. The van der Waals surface area contributed by atoms with Gasteiger partial charge in [-0.2, -0.15) is 0 Å². The van der Waals surface area contributed by atoms with Crippen molar-refractivity contribution in [2.75, 3.05) is 0 Å². The molecule has 1 saturated heterocycles. The Morgan fingerprint density at radius 2 is 1.68 bits per heavy atom. The third-order valence-electron chi connectivity index (χ3n) is 2.81. The predicted octanol–water partition coefficient (Wildman–Crippen LogP) is -1.04. The molecule has 0 saturated carbocycles. The van der Waals surface area contributed by atoms with Gasteiger partial charge in [0.1, 0.15) is 24.1 Å². The maximum atomic E-state index is 10.9. The lowest BCUT2D eigenvalue weighted by Gasteiger charge is -2.38. The van der Waals surface area contributed by atoms with Crippen LogP contribution in [0.15, 0.2) is 30.3 Å². The zero-order chi connectivity index (χ0) is 14.0. The summed E-state index contributed by atoms with van der Waals surface area (Å²) in [7, 11) is 0. The van der Waals surface area contributed by atoms with Gasteiger partial charge in [0.25, 0.3) is 0 Å². The van der Waals surface area contributed by atoms with Gasteiger partial charge in [-0.1, -0.05) is 18.2 Å². The molecule has 1 aromatic carbocycles. The first-order valence-electron chi connectivity index (χ1n) is 5.65. The summed E-state index contributed by atoms with van der Waals surface area (Å²) < 4.78 is 10.2. The van der Waals surface area contributed by atoms with E-state index in [1.54, 1.807) is 30.3 Å². The number of benzene rings is 1. The third-order valence-corrected chi connectivity index (χ3v) is 2.81. The number of aliphatic hydroxyl groups excluding tert-OH is 3. The highest BCUT2D eigenvalue weighted by Gasteiger charge is 2.48. The van der Waals surface area contributed by atoms with Gasteiger partial charge in [-0.05, 0) is 12.1 Å². The number of carboxylic acids is 1. The number of hydrogen-bond acceptors (Lipinski definition) is 6. The highest BCUT2D eigenvalue weighted by molar-refractivity contribution is 5.73. The molecule has 0 spiro atoms. The Hall–Kier alpha value is -1.67. The van der Waals surface area contributed by atoms with Crippen LogP contribution >= 0.6 is 0 Å². The van der Waals surface area contributed by atoms with Crippen LogP contribution in [-0.4, -0.2) is 57.1 Å². The molecule has 4 N–H and O–H groups in total. The lowest BCUT2D eigenvalue weighted by atomic mass is 9.99. The molecule has 2 rings (SSSR count). The van der Waals surface area contributed by atoms with Gasteiger partial charge >= 0.3 is 5.97 Å². The maximum absolute atomic E-state index is 10.9. The molecule has 5 atom stereocenters. The first-order valence-corrected chi connectivity index (χ1v) is 5.65. The molecule has 19 heavy (non-hydrogen) atoms. The van der Waals surface area contributed by atoms with Crippen molar-refractivity contribution in [3.05, 3.63) is 30.3 Å². The van der Waals surface area contributed by atoms with Gasteiger partial charge in [0.2, 0.25) is 6.29 Å². The number of para-hydroxylation sites is 1. The standard InChI is InChI=1S/C12H14O7/c13-7-8(14)10(11(16)17)19-12(9(7)15)18-6-4-2-1-3-5-6/h1-5,7-10,12-15H,(H,16,17)/t7-,8-,9+,10-,12-/m0/s1. The number of aliphatic hydroxyl groups is 3. The van der Waals surface area contributed by atoms with Crippen LogP contribution in [0.2, 0.25) is 0 Å². The highest BCUT2D eigenvalue weighted by Crippen LogP contribution is 2.24. The summed E-state index contributed by atoms with van der Waals surface area (Å²) in [5.41, 5.74) is 0. The Morgan fingerprint density at radius 1 is 1.05 bits per heavy atom. The van der Waals surface area contributed by atoms with Gasteiger partial charge < -0.3 is 29.9 Å². The monoisotopic (exact) mass is 270 g/mol. The van der Waals surface area contributed by atoms with E-state index in [-0.39, 0.29) is 0 Å². The zero-order valence-corrected chi connectivity index (χ0v) is 9.79. The SMILES string of the molecule is O=C(O)[C@H]1O[C@H](Oc2ccccc2)[C@H](O)[C@@H](O)[C@@H]1O. The summed E-state index contributed by atoms with van der Waals surface area (Å²) in [5.74, 6) is -1.10. The van der Waals surface area contributed by atoms with E-state index in [1.807, 2.05) is 0 Å². The van der Waals surface area contributed by atoms with E-state index in [0.717, 1.165) is 0 Å². The number of hydrogen-bond donors (Lipinski definition) is 4. The molecular weight excluding hydrogens is 256 g/mol. The van der Waals surface area contributed by atoms with Gasteiger partial charge in [-0.25, -0.2) is 4.79 Å². The number of rotatable bonds is 3. The summed E-state index contributed by atoms with van der Waals surface area (Å²) in [6.07, 6.45) is -7.97. The topological polar surface area (TPSA) is 116 Å². The second kappa shape index (κ2) is 5.54. The second-order valence-electron chi connectivity index (χ2n) is 4.17. The normalized spacial score (nSPS) is 34.8. The zero-order valence-electron chi connectivity index (χ0n) is 9.79. The summed E-state index contributed by atoms with van der Waals surface area (Å²) in [6, 6.07) is 8.30. The Labute approximate surface area is 108 Å². The van der Waals surface area contributed by atoms with Crippen molar-refractivity contribution in [2.24, 2.45) is 0 Å². The minimum Gasteiger partial charge on any atom is -0.479 e. The Morgan fingerprint density at radius 3 is 2.26 bits per heavy atom. The van der Waals surface area contributed by atoms with E-state index in [1.165, 1.54) is 0 Å². The Balaban J connectivity index is 2.13. The van der Waals surface area contributed by atoms with Crippen molar-refractivity contribution in [1.29, 1.82) is 0 Å². The van der Waals surface area contributed by atoms with Crippen LogP contribution < -0.4 is 4.74 Å². The van der Waals surface area contributed by atoms with Gasteiger partial charge in [-0.3, -0.25) is 0 Å². The van der Waals surface area contributed by atoms with Gasteiger partial charge in [0.05, 0.1) is 0 Å². The van der Waals surface area contributed by atoms with E-state index in [2.05, 4.69) is 0 Å². The van der Waals surface area contributed by atoms with Crippen LogP contribution in [0, 0.1) is 0 Å². The van der Waals surface area contributed by atoms with E-state index in [0.29, 0.717) is 5.75 Å². The first kappa shape index (κ1) is 13.8. The average Bonchev–Trinajstić information content (AvgIpc) is 2.40. The molecule has 1 heterocycles. The summed E-state index contributed by atoms with van der Waals surface area (Å²) >= 11 is 0. The lowest BCUT2D eigenvalue weighted by molar-refractivity contribution is -0.271. The molecule has 104 valence electrons. The van der Waals surface area contributed by atoms with Gasteiger partial charge in [0, 0.05) is 0 Å².